The summed E-state index contributed by atoms with van der Waals surface area (Å²) in [5.41, 5.74) is 3.86. The molecule has 0 amide bonds. The first-order valence-corrected chi connectivity index (χ1v) is 11.5. The lowest BCUT2D eigenvalue weighted by Crippen LogP contribution is -2.15. The summed E-state index contributed by atoms with van der Waals surface area (Å²) in [7, 11) is -3.67. The number of imidazole rings is 1. The van der Waals surface area contributed by atoms with Crippen LogP contribution < -0.4 is 5.14 Å². The molecule has 5 nitrogen and oxygen atoms in total. The molecule has 0 bridgehead atoms. The monoisotopic (exact) mass is 459 g/mol. The summed E-state index contributed by atoms with van der Waals surface area (Å²) >= 11 is 0. The lowest BCUT2D eigenvalue weighted by molar-refractivity contribution is -0.137. The number of benzene rings is 3. The number of aromatic amines is 1. The number of rotatable bonds is 6. The third-order valence-corrected chi connectivity index (χ3v) is 5.86. The molecule has 0 aliphatic rings. The predicted molar refractivity (Wildman–Crippen MR) is 117 cm³/mol. The van der Waals surface area contributed by atoms with Gasteiger partial charge < -0.3 is 4.98 Å². The summed E-state index contributed by atoms with van der Waals surface area (Å²) in [6.45, 7) is 0. The lowest BCUT2D eigenvalue weighted by atomic mass is 10.0. The maximum absolute atomic E-state index is 12.7. The van der Waals surface area contributed by atoms with Crippen molar-refractivity contribution in [2.45, 2.75) is 24.8 Å². The maximum Gasteiger partial charge on any atom is 0.416 e. The maximum atomic E-state index is 12.7. The van der Waals surface area contributed by atoms with Gasteiger partial charge in [0.1, 0.15) is 5.82 Å². The average Bonchev–Trinajstić information content (AvgIpc) is 3.13. The molecule has 0 aliphatic carbocycles. The van der Waals surface area contributed by atoms with E-state index in [9.17, 15) is 21.6 Å². The molecule has 1 aromatic heterocycles. The van der Waals surface area contributed by atoms with E-state index in [2.05, 4.69) is 9.97 Å². The summed E-state index contributed by atoms with van der Waals surface area (Å²) in [5, 5.41) is 5.22. The zero-order chi connectivity index (χ0) is 22.9. The second kappa shape index (κ2) is 8.40. The standard InChI is InChI=1S/C23H20F3N3O2S/c24-23(25,26)18-9-5-15(6-10-18)7-12-22-28-20-11-8-16(13-21(20)29-22)19-4-2-1-3-17(19)14-32(27,30)31/h1-6,8-11,13H,7,12,14H2,(H,28,29)(H2,27,30,31). The molecule has 9 heteroatoms. The fourth-order valence-corrected chi connectivity index (χ4v) is 4.30. The van der Waals surface area contributed by atoms with Crippen LogP contribution in [-0.2, 0) is 34.8 Å². The molecule has 0 saturated heterocycles. The molecule has 4 rings (SSSR count). The summed E-state index contributed by atoms with van der Waals surface area (Å²) in [6.07, 6.45) is -3.26. The van der Waals surface area contributed by atoms with Crippen LogP contribution in [0.25, 0.3) is 22.2 Å². The van der Waals surface area contributed by atoms with E-state index in [1.807, 2.05) is 30.3 Å². The summed E-state index contributed by atoms with van der Waals surface area (Å²) < 4.78 is 61.2. The van der Waals surface area contributed by atoms with Gasteiger partial charge >= 0.3 is 6.18 Å². The van der Waals surface area contributed by atoms with Crippen molar-refractivity contribution < 1.29 is 21.6 Å². The SMILES string of the molecule is NS(=O)(=O)Cc1ccccc1-c1ccc2nc(CCc3ccc(C(F)(F)F)cc3)[nH]c2c1. The van der Waals surface area contributed by atoms with E-state index in [4.69, 9.17) is 5.14 Å². The molecular formula is C23H20F3N3O2S. The van der Waals surface area contributed by atoms with E-state index in [-0.39, 0.29) is 5.75 Å². The molecule has 0 saturated carbocycles. The summed E-state index contributed by atoms with van der Waals surface area (Å²) in [5.74, 6) is 0.456. The van der Waals surface area contributed by atoms with E-state index < -0.39 is 21.8 Å². The number of aromatic nitrogens is 2. The van der Waals surface area contributed by atoms with Gasteiger partial charge in [-0.2, -0.15) is 13.2 Å². The van der Waals surface area contributed by atoms with Gasteiger partial charge in [0.2, 0.25) is 10.0 Å². The van der Waals surface area contributed by atoms with Crippen LogP contribution in [0, 0.1) is 0 Å². The van der Waals surface area contributed by atoms with Crippen LogP contribution in [0.15, 0.2) is 66.7 Å². The van der Waals surface area contributed by atoms with Crippen LogP contribution in [0.2, 0.25) is 0 Å². The van der Waals surface area contributed by atoms with Gasteiger partial charge in [0.05, 0.1) is 22.3 Å². The van der Waals surface area contributed by atoms with Crippen molar-refractivity contribution in [2.75, 3.05) is 0 Å². The number of H-pyrrole nitrogens is 1. The third kappa shape index (κ3) is 5.17. The molecule has 3 N–H and O–H groups in total. The second-order valence-electron chi connectivity index (χ2n) is 7.57. The van der Waals surface area contributed by atoms with Crippen molar-refractivity contribution >= 4 is 21.1 Å². The van der Waals surface area contributed by atoms with Crippen LogP contribution in [0.1, 0.15) is 22.5 Å². The van der Waals surface area contributed by atoms with Crippen LogP contribution in [0.3, 0.4) is 0 Å². The van der Waals surface area contributed by atoms with Gasteiger partial charge in [-0.3, -0.25) is 0 Å². The molecule has 166 valence electrons. The largest absolute Gasteiger partial charge is 0.416 e. The Hall–Kier alpha value is -3.17. The van der Waals surface area contributed by atoms with Crippen molar-refractivity contribution in [3.63, 3.8) is 0 Å². The molecule has 0 atom stereocenters. The van der Waals surface area contributed by atoms with Gasteiger partial charge in [-0.1, -0.05) is 42.5 Å². The first kappa shape index (κ1) is 22.0. The van der Waals surface area contributed by atoms with Gasteiger partial charge in [-0.15, -0.1) is 0 Å². The zero-order valence-electron chi connectivity index (χ0n) is 16.9. The fraction of sp³-hybridized carbons (Fsp3) is 0.174. The Balaban J connectivity index is 1.54. The summed E-state index contributed by atoms with van der Waals surface area (Å²) in [4.78, 5) is 7.80. The van der Waals surface area contributed by atoms with Gasteiger partial charge in [0.15, 0.2) is 0 Å². The predicted octanol–water partition coefficient (Wildman–Crippen LogP) is 4.82. The van der Waals surface area contributed by atoms with Gasteiger partial charge in [-0.25, -0.2) is 18.5 Å². The number of hydrogen-bond donors (Lipinski definition) is 2. The van der Waals surface area contributed by atoms with E-state index >= 15 is 0 Å². The molecule has 0 unspecified atom stereocenters. The van der Waals surface area contributed by atoms with Crippen LogP contribution in [-0.4, -0.2) is 18.4 Å². The lowest BCUT2D eigenvalue weighted by Gasteiger charge is -2.08. The Morgan fingerprint density at radius 1 is 0.938 bits per heavy atom. The Bertz CT molecular complexity index is 1360. The minimum absolute atomic E-state index is 0.261. The van der Waals surface area contributed by atoms with Crippen molar-refractivity contribution in [1.29, 1.82) is 0 Å². The average molecular weight is 459 g/mol. The zero-order valence-corrected chi connectivity index (χ0v) is 17.7. The first-order chi connectivity index (χ1) is 15.1. The number of nitrogens with zero attached hydrogens (tertiary/aromatic N) is 1. The van der Waals surface area contributed by atoms with Crippen molar-refractivity contribution in [3.8, 4) is 11.1 Å². The Labute approximate surface area is 183 Å². The molecule has 0 fully saturated rings. The van der Waals surface area contributed by atoms with Crippen LogP contribution >= 0.6 is 0 Å². The number of hydrogen-bond acceptors (Lipinski definition) is 3. The molecule has 3 aromatic carbocycles. The highest BCUT2D eigenvalue weighted by Crippen LogP contribution is 2.30. The molecular weight excluding hydrogens is 439 g/mol. The highest BCUT2D eigenvalue weighted by atomic mass is 32.2. The highest BCUT2D eigenvalue weighted by Gasteiger charge is 2.29. The quantitative estimate of drug-likeness (QED) is 0.433. The molecule has 1 heterocycles. The highest BCUT2D eigenvalue weighted by molar-refractivity contribution is 7.88. The van der Waals surface area contributed by atoms with E-state index in [0.717, 1.165) is 45.7 Å². The Morgan fingerprint density at radius 2 is 1.66 bits per heavy atom. The van der Waals surface area contributed by atoms with Crippen molar-refractivity contribution in [1.82, 2.24) is 9.97 Å². The van der Waals surface area contributed by atoms with Crippen molar-refractivity contribution in [2.24, 2.45) is 5.14 Å². The van der Waals surface area contributed by atoms with Gasteiger partial charge in [-0.05, 0) is 52.9 Å². The molecule has 0 spiro atoms. The smallest absolute Gasteiger partial charge is 0.342 e. The third-order valence-electron chi connectivity index (χ3n) is 5.15. The number of primary sulfonamides is 1. The Kier molecular flexibility index (Phi) is 5.79. The molecule has 4 aromatic rings. The van der Waals surface area contributed by atoms with Crippen LogP contribution in [0.5, 0.6) is 0 Å². The van der Waals surface area contributed by atoms with Crippen molar-refractivity contribution in [3.05, 3.63) is 89.2 Å². The minimum Gasteiger partial charge on any atom is -0.342 e. The summed E-state index contributed by atoms with van der Waals surface area (Å²) in [6, 6.07) is 17.9. The number of fused-ring (bicyclic) bond motifs is 1. The fourth-order valence-electron chi connectivity index (χ4n) is 3.62. The molecule has 0 aliphatic heterocycles. The molecule has 32 heavy (non-hydrogen) atoms. The topological polar surface area (TPSA) is 88.8 Å². The number of nitrogens with two attached hydrogens (primary N) is 1. The normalized spacial score (nSPS) is 12.4. The van der Waals surface area contributed by atoms with Gasteiger partial charge in [0.25, 0.3) is 0 Å². The minimum atomic E-state index is -4.35. The Morgan fingerprint density at radius 3 is 2.34 bits per heavy atom. The number of alkyl halides is 3. The number of aryl methyl sites for hydroxylation is 2. The van der Waals surface area contributed by atoms with E-state index in [1.165, 1.54) is 12.1 Å². The van der Waals surface area contributed by atoms with Gasteiger partial charge in [0, 0.05) is 6.42 Å². The van der Waals surface area contributed by atoms with E-state index in [1.54, 1.807) is 12.1 Å². The molecule has 0 radical (unpaired) electrons. The van der Waals surface area contributed by atoms with E-state index in [0.29, 0.717) is 18.4 Å². The first-order valence-electron chi connectivity index (χ1n) is 9.82. The number of sulfonamides is 1. The number of nitrogens with one attached hydrogen (secondary N) is 1. The second-order valence-corrected chi connectivity index (χ2v) is 9.19. The number of halogens is 3. The van der Waals surface area contributed by atoms with Crippen LogP contribution in [0.4, 0.5) is 13.2 Å².